The van der Waals surface area contributed by atoms with Crippen LogP contribution in [0.25, 0.3) is 0 Å². The predicted octanol–water partition coefficient (Wildman–Crippen LogP) is 3.19. The Hall–Kier alpha value is -1.91. The number of carbonyl (C=O) groups excluding carboxylic acids is 2. The summed E-state index contributed by atoms with van der Waals surface area (Å²) in [4.78, 5) is 26.9. The molecule has 0 radical (unpaired) electrons. The van der Waals surface area contributed by atoms with Gasteiger partial charge in [-0.3, -0.25) is 14.3 Å². The first-order valence-corrected chi connectivity index (χ1v) is 12.4. The van der Waals surface area contributed by atoms with Crippen LogP contribution in [0.4, 0.5) is 5.69 Å². The van der Waals surface area contributed by atoms with E-state index >= 15 is 0 Å². The molecule has 2 amide bonds. The smallest absolute Gasteiger partial charge is 0.271 e. The monoisotopic (exact) mass is 497 g/mol. The highest BCUT2D eigenvalue weighted by molar-refractivity contribution is 9.11. The molecule has 154 valence electrons. The summed E-state index contributed by atoms with van der Waals surface area (Å²) in [6.07, 6.45) is 3.47. The maximum absolute atomic E-state index is 12.9. The molecule has 1 unspecified atom stereocenters. The van der Waals surface area contributed by atoms with Crippen molar-refractivity contribution in [3.63, 3.8) is 0 Å². The molecule has 7 nitrogen and oxygen atoms in total. The van der Waals surface area contributed by atoms with Gasteiger partial charge in [0.1, 0.15) is 10.3 Å². The molecule has 1 saturated carbocycles. The van der Waals surface area contributed by atoms with Crippen LogP contribution in [0.5, 0.6) is 0 Å². The maximum atomic E-state index is 12.9. The fourth-order valence-corrected chi connectivity index (χ4v) is 6.37. The Morgan fingerprint density at radius 1 is 1.07 bits per heavy atom. The maximum Gasteiger partial charge on any atom is 0.271 e. The number of hydrogen-bond acceptors (Lipinski definition) is 5. The van der Waals surface area contributed by atoms with Crippen LogP contribution in [0.3, 0.4) is 0 Å². The molecule has 0 bridgehead atoms. The standard InChI is InChI=1S/C19H20BrN3O4S2/c20-16-9-10-17(28-16)29(26,27)22-14-5-3-12(4-6-14)19(25)23-11-1-2-15(23)18(24)21-13-7-8-13/h3-6,9-10,13,15,22H,1-2,7-8,11H2,(H,21,24). The number of sulfonamides is 1. The molecule has 1 atom stereocenters. The second kappa shape index (κ2) is 8.08. The van der Waals surface area contributed by atoms with Crippen molar-refractivity contribution >= 4 is 54.8 Å². The van der Waals surface area contributed by atoms with Crippen molar-refractivity contribution in [2.24, 2.45) is 0 Å². The molecule has 29 heavy (non-hydrogen) atoms. The van der Waals surface area contributed by atoms with Gasteiger partial charge in [0.05, 0.1) is 3.79 Å². The van der Waals surface area contributed by atoms with Crippen LogP contribution in [0.15, 0.2) is 44.4 Å². The number of carbonyl (C=O) groups is 2. The Kier molecular flexibility index (Phi) is 5.67. The van der Waals surface area contributed by atoms with E-state index < -0.39 is 16.1 Å². The number of nitrogens with one attached hydrogen (secondary N) is 2. The molecule has 4 rings (SSSR count). The molecule has 1 saturated heterocycles. The second-order valence-electron chi connectivity index (χ2n) is 7.18. The van der Waals surface area contributed by atoms with Crippen molar-refractivity contribution in [1.82, 2.24) is 10.2 Å². The van der Waals surface area contributed by atoms with E-state index in [1.165, 1.54) is 6.07 Å². The SMILES string of the molecule is O=C(NC1CC1)C1CCCN1C(=O)c1ccc(NS(=O)(=O)c2ccc(Br)s2)cc1. The molecular formula is C19H20BrN3O4S2. The zero-order chi connectivity index (χ0) is 20.6. The summed E-state index contributed by atoms with van der Waals surface area (Å²) in [5.74, 6) is -0.292. The highest BCUT2D eigenvalue weighted by atomic mass is 79.9. The zero-order valence-electron chi connectivity index (χ0n) is 15.4. The van der Waals surface area contributed by atoms with E-state index in [9.17, 15) is 18.0 Å². The molecule has 2 fully saturated rings. The molecule has 1 aliphatic carbocycles. The number of anilines is 1. The lowest BCUT2D eigenvalue weighted by Crippen LogP contribution is -2.46. The fourth-order valence-electron chi connectivity index (χ4n) is 3.30. The Morgan fingerprint density at radius 2 is 1.79 bits per heavy atom. The second-order valence-corrected chi connectivity index (χ2v) is 11.6. The first-order valence-electron chi connectivity index (χ1n) is 9.33. The molecule has 0 spiro atoms. The van der Waals surface area contributed by atoms with Crippen molar-refractivity contribution in [2.45, 2.75) is 42.0 Å². The third-order valence-electron chi connectivity index (χ3n) is 4.94. The van der Waals surface area contributed by atoms with E-state index in [-0.39, 0.29) is 22.1 Å². The molecule has 2 heterocycles. The van der Waals surface area contributed by atoms with Gasteiger partial charge < -0.3 is 10.2 Å². The molecule has 2 aliphatic rings. The van der Waals surface area contributed by atoms with Gasteiger partial charge in [0.25, 0.3) is 15.9 Å². The van der Waals surface area contributed by atoms with Crippen LogP contribution in [0, 0.1) is 0 Å². The van der Waals surface area contributed by atoms with Crippen molar-refractivity contribution in [2.75, 3.05) is 11.3 Å². The molecular weight excluding hydrogens is 478 g/mol. The van der Waals surface area contributed by atoms with E-state index in [1.54, 1.807) is 35.2 Å². The van der Waals surface area contributed by atoms with Crippen LogP contribution < -0.4 is 10.0 Å². The van der Waals surface area contributed by atoms with Crippen LogP contribution in [0.2, 0.25) is 0 Å². The van der Waals surface area contributed by atoms with E-state index in [2.05, 4.69) is 26.0 Å². The predicted molar refractivity (Wildman–Crippen MR) is 114 cm³/mol. The average Bonchev–Trinajstić information content (AvgIpc) is 3.17. The zero-order valence-corrected chi connectivity index (χ0v) is 18.6. The van der Waals surface area contributed by atoms with Gasteiger partial charge in [0.2, 0.25) is 5.91 Å². The summed E-state index contributed by atoms with van der Waals surface area (Å²) in [5.41, 5.74) is 0.799. The van der Waals surface area contributed by atoms with Gasteiger partial charge in [0.15, 0.2) is 0 Å². The molecule has 2 N–H and O–H groups in total. The van der Waals surface area contributed by atoms with Gasteiger partial charge in [-0.05, 0) is 78.0 Å². The number of halogens is 1. The van der Waals surface area contributed by atoms with E-state index in [0.29, 0.717) is 24.2 Å². The van der Waals surface area contributed by atoms with Crippen molar-refractivity contribution in [3.8, 4) is 0 Å². The first-order chi connectivity index (χ1) is 13.8. The largest absolute Gasteiger partial charge is 0.352 e. The number of rotatable bonds is 6. The lowest BCUT2D eigenvalue weighted by molar-refractivity contribution is -0.125. The molecule has 2 aromatic rings. The van der Waals surface area contributed by atoms with Gasteiger partial charge >= 0.3 is 0 Å². The third kappa shape index (κ3) is 4.65. The number of hydrogen-bond donors (Lipinski definition) is 2. The van der Waals surface area contributed by atoms with E-state index in [1.807, 2.05) is 0 Å². The van der Waals surface area contributed by atoms with Crippen molar-refractivity contribution < 1.29 is 18.0 Å². The molecule has 1 aliphatic heterocycles. The number of likely N-dealkylation sites (tertiary alicyclic amines) is 1. The van der Waals surface area contributed by atoms with Crippen molar-refractivity contribution in [1.29, 1.82) is 0 Å². The van der Waals surface area contributed by atoms with Crippen molar-refractivity contribution in [3.05, 3.63) is 45.7 Å². The fraction of sp³-hybridized carbons (Fsp3) is 0.368. The quantitative estimate of drug-likeness (QED) is 0.640. The number of amides is 2. The lowest BCUT2D eigenvalue weighted by Gasteiger charge is -2.24. The molecule has 10 heteroatoms. The van der Waals surface area contributed by atoms with Gasteiger partial charge in [0, 0.05) is 23.8 Å². The Labute approximate surface area is 181 Å². The minimum Gasteiger partial charge on any atom is -0.352 e. The molecule has 1 aromatic carbocycles. The summed E-state index contributed by atoms with van der Waals surface area (Å²) in [5, 5.41) is 2.97. The summed E-state index contributed by atoms with van der Waals surface area (Å²) in [6, 6.07) is 9.31. The average molecular weight is 498 g/mol. The minimum absolute atomic E-state index is 0.0789. The highest BCUT2D eigenvalue weighted by Crippen LogP contribution is 2.28. The topological polar surface area (TPSA) is 95.6 Å². The molecule has 1 aromatic heterocycles. The van der Waals surface area contributed by atoms with Crippen LogP contribution in [-0.2, 0) is 14.8 Å². The van der Waals surface area contributed by atoms with Gasteiger partial charge in [-0.2, -0.15) is 0 Å². The first kappa shape index (κ1) is 20.4. The summed E-state index contributed by atoms with van der Waals surface area (Å²) in [7, 11) is -3.68. The Morgan fingerprint density at radius 3 is 2.41 bits per heavy atom. The normalized spacial score (nSPS) is 19.2. The third-order valence-corrected chi connectivity index (χ3v) is 8.43. The Balaban J connectivity index is 1.44. The van der Waals surface area contributed by atoms with Gasteiger partial charge in [-0.15, -0.1) is 11.3 Å². The van der Waals surface area contributed by atoms with Crippen LogP contribution >= 0.6 is 27.3 Å². The summed E-state index contributed by atoms with van der Waals surface area (Å²) in [6.45, 7) is 0.545. The lowest BCUT2D eigenvalue weighted by atomic mass is 10.1. The van der Waals surface area contributed by atoms with Gasteiger partial charge in [-0.1, -0.05) is 0 Å². The number of nitrogens with zero attached hydrogens (tertiary/aromatic N) is 1. The van der Waals surface area contributed by atoms with E-state index in [4.69, 9.17) is 0 Å². The van der Waals surface area contributed by atoms with Crippen LogP contribution in [0.1, 0.15) is 36.0 Å². The van der Waals surface area contributed by atoms with Gasteiger partial charge in [-0.25, -0.2) is 8.42 Å². The highest BCUT2D eigenvalue weighted by Gasteiger charge is 2.36. The van der Waals surface area contributed by atoms with Crippen LogP contribution in [-0.4, -0.2) is 43.8 Å². The Bertz CT molecular complexity index is 1030. The minimum atomic E-state index is -3.68. The summed E-state index contributed by atoms with van der Waals surface area (Å²) >= 11 is 4.37. The number of benzene rings is 1. The van der Waals surface area contributed by atoms with E-state index in [0.717, 1.165) is 34.4 Å². The number of thiophene rings is 1. The summed E-state index contributed by atoms with van der Waals surface area (Å²) < 4.78 is 28.3.